The van der Waals surface area contributed by atoms with Crippen molar-refractivity contribution < 1.29 is 10.2 Å². The summed E-state index contributed by atoms with van der Waals surface area (Å²) >= 11 is 1.53. The van der Waals surface area contributed by atoms with Crippen LogP contribution in [0.15, 0.2) is 65.6 Å². The molecule has 0 saturated carbocycles. The van der Waals surface area contributed by atoms with Crippen LogP contribution >= 0.6 is 11.9 Å². The van der Waals surface area contributed by atoms with Gasteiger partial charge in [-0.2, -0.15) is 0 Å². The van der Waals surface area contributed by atoms with Crippen LogP contribution in [0.5, 0.6) is 11.5 Å². The second-order valence-electron chi connectivity index (χ2n) is 6.65. The molecular formula is C22H23NO2S. The monoisotopic (exact) mass is 365 g/mol. The van der Waals surface area contributed by atoms with Crippen LogP contribution in [0.25, 0.3) is 11.1 Å². The molecule has 0 saturated heterocycles. The number of anilines is 1. The predicted molar refractivity (Wildman–Crippen MR) is 110 cm³/mol. The zero-order valence-electron chi connectivity index (χ0n) is 15.2. The number of phenolic OH excluding ortho intramolecular Hbond substituents is 2. The molecule has 3 aromatic carbocycles. The van der Waals surface area contributed by atoms with E-state index in [1.807, 2.05) is 44.2 Å². The van der Waals surface area contributed by atoms with E-state index in [-0.39, 0.29) is 17.4 Å². The van der Waals surface area contributed by atoms with E-state index < -0.39 is 0 Å². The molecule has 3 N–H and O–H groups in total. The number of para-hydroxylation sites is 1. The normalized spacial score (nSPS) is 10.9. The minimum atomic E-state index is 0.0708. The van der Waals surface area contributed by atoms with Gasteiger partial charge in [0.15, 0.2) is 0 Å². The van der Waals surface area contributed by atoms with Crippen LogP contribution in [-0.4, -0.2) is 10.2 Å². The number of hydrogen-bond acceptors (Lipinski definition) is 4. The maximum atomic E-state index is 10.4. The molecule has 26 heavy (non-hydrogen) atoms. The van der Waals surface area contributed by atoms with E-state index in [9.17, 15) is 10.2 Å². The van der Waals surface area contributed by atoms with Crippen molar-refractivity contribution in [2.75, 3.05) is 4.72 Å². The van der Waals surface area contributed by atoms with Gasteiger partial charge in [0.1, 0.15) is 11.5 Å². The van der Waals surface area contributed by atoms with Crippen LogP contribution < -0.4 is 4.72 Å². The molecular weight excluding hydrogens is 342 g/mol. The lowest BCUT2D eigenvalue weighted by Crippen LogP contribution is -1.94. The largest absolute Gasteiger partial charge is 0.508 e. The summed E-state index contributed by atoms with van der Waals surface area (Å²) in [7, 11) is 0. The zero-order chi connectivity index (χ0) is 18.7. The fraction of sp³-hybridized carbons (Fsp3) is 0.182. The van der Waals surface area contributed by atoms with Crippen molar-refractivity contribution in [2.24, 2.45) is 0 Å². The van der Waals surface area contributed by atoms with Crippen LogP contribution in [0.1, 0.15) is 30.9 Å². The van der Waals surface area contributed by atoms with Gasteiger partial charge in [-0.3, -0.25) is 0 Å². The van der Waals surface area contributed by atoms with Crippen LogP contribution in [0.2, 0.25) is 0 Å². The summed E-state index contributed by atoms with van der Waals surface area (Å²) in [4.78, 5) is 1.11. The number of benzene rings is 3. The molecule has 0 unspecified atom stereocenters. The highest BCUT2D eigenvalue weighted by atomic mass is 32.2. The van der Waals surface area contributed by atoms with Crippen LogP contribution in [-0.2, 0) is 0 Å². The Bertz CT molecular complexity index is 905. The van der Waals surface area contributed by atoms with Crippen LogP contribution in [0.4, 0.5) is 5.69 Å². The number of hydrogen-bond donors (Lipinski definition) is 3. The van der Waals surface area contributed by atoms with Gasteiger partial charge in [-0.15, -0.1) is 0 Å². The standard InChI is InChI=1S/C22H23NO2S/c1-14(2)18-12-19(22(25)13-21(18)24)17-6-4-5-7-20(17)23-26-16-10-8-15(3)9-11-16/h4-14,23-25H,1-3H3. The van der Waals surface area contributed by atoms with Crippen molar-refractivity contribution in [1.29, 1.82) is 0 Å². The molecule has 0 aromatic heterocycles. The van der Waals surface area contributed by atoms with E-state index in [0.29, 0.717) is 5.56 Å². The van der Waals surface area contributed by atoms with Gasteiger partial charge in [-0.05, 0) is 54.6 Å². The van der Waals surface area contributed by atoms with E-state index in [4.69, 9.17) is 0 Å². The summed E-state index contributed by atoms with van der Waals surface area (Å²) in [5.41, 5.74) is 4.56. The zero-order valence-corrected chi connectivity index (χ0v) is 16.0. The number of rotatable bonds is 5. The van der Waals surface area contributed by atoms with E-state index >= 15 is 0 Å². The fourth-order valence-corrected chi connectivity index (χ4v) is 3.48. The fourth-order valence-electron chi connectivity index (χ4n) is 2.80. The van der Waals surface area contributed by atoms with Gasteiger partial charge < -0.3 is 14.9 Å². The summed E-state index contributed by atoms with van der Waals surface area (Å²) in [6.07, 6.45) is 0. The van der Waals surface area contributed by atoms with Crippen molar-refractivity contribution in [3.8, 4) is 22.6 Å². The summed E-state index contributed by atoms with van der Waals surface area (Å²) in [6.45, 7) is 6.11. The molecule has 0 aliphatic heterocycles. The van der Waals surface area contributed by atoms with Crippen molar-refractivity contribution in [3.05, 3.63) is 71.8 Å². The highest BCUT2D eigenvalue weighted by Gasteiger charge is 2.15. The van der Waals surface area contributed by atoms with Crippen LogP contribution in [0.3, 0.4) is 0 Å². The van der Waals surface area contributed by atoms with Crippen molar-refractivity contribution in [3.63, 3.8) is 0 Å². The van der Waals surface area contributed by atoms with Gasteiger partial charge in [0.2, 0.25) is 0 Å². The quantitative estimate of drug-likeness (QED) is 0.463. The smallest absolute Gasteiger partial charge is 0.127 e. The van der Waals surface area contributed by atoms with Crippen LogP contribution in [0, 0.1) is 6.92 Å². The van der Waals surface area contributed by atoms with Gasteiger partial charge >= 0.3 is 0 Å². The average molecular weight is 365 g/mol. The van der Waals surface area contributed by atoms with Crippen molar-refractivity contribution >= 4 is 17.6 Å². The average Bonchev–Trinajstić information content (AvgIpc) is 2.61. The van der Waals surface area contributed by atoms with Gasteiger partial charge in [-0.25, -0.2) is 0 Å². The molecule has 0 radical (unpaired) electrons. The van der Waals surface area contributed by atoms with E-state index in [0.717, 1.165) is 21.7 Å². The lowest BCUT2D eigenvalue weighted by atomic mass is 9.95. The van der Waals surface area contributed by atoms with E-state index in [2.05, 4.69) is 35.9 Å². The lowest BCUT2D eigenvalue weighted by Gasteiger charge is -2.16. The third-order valence-electron chi connectivity index (χ3n) is 4.28. The molecule has 4 heteroatoms. The predicted octanol–water partition coefficient (Wildman–Crippen LogP) is 6.32. The van der Waals surface area contributed by atoms with Gasteiger partial charge in [-0.1, -0.05) is 49.7 Å². The Kier molecular flexibility index (Phi) is 5.43. The van der Waals surface area contributed by atoms with Gasteiger partial charge in [0.05, 0.1) is 5.69 Å². The van der Waals surface area contributed by atoms with Crippen molar-refractivity contribution in [1.82, 2.24) is 0 Å². The Morgan fingerprint density at radius 1 is 0.846 bits per heavy atom. The minimum Gasteiger partial charge on any atom is -0.508 e. The highest BCUT2D eigenvalue weighted by molar-refractivity contribution is 8.00. The van der Waals surface area contributed by atoms with Gasteiger partial charge in [0.25, 0.3) is 0 Å². The maximum Gasteiger partial charge on any atom is 0.127 e. The molecule has 0 fully saturated rings. The molecule has 0 amide bonds. The topological polar surface area (TPSA) is 52.5 Å². The first kappa shape index (κ1) is 18.2. The number of nitrogens with one attached hydrogen (secondary N) is 1. The Labute approximate surface area is 158 Å². The highest BCUT2D eigenvalue weighted by Crippen LogP contribution is 2.41. The summed E-state index contributed by atoms with van der Waals surface area (Å²) in [5.74, 6) is 0.360. The number of aryl methyl sites for hydroxylation is 1. The molecule has 0 bridgehead atoms. The molecule has 3 aromatic rings. The first-order valence-corrected chi connectivity index (χ1v) is 9.42. The Morgan fingerprint density at radius 3 is 2.23 bits per heavy atom. The third-order valence-corrected chi connectivity index (χ3v) is 5.11. The maximum absolute atomic E-state index is 10.4. The lowest BCUT2D eigenvalue weighted by molar-refractivity contribution is 0.445. The molecule has 0 spiro atoms. The number of phenols is 2. The summed E-state index contributed by atoms with van der Waals surface area (Å²) in [5, 5.41) is 20.5. The summed E-state index contributed by atoms with van der Waals surface area (Å²) < 4.78 is 3.38. The minimum absolute atomic E-state index is 0.0708. The molecule has 3 rings (SSSR count). The Morgan fingerprint density at radius 2 is 1.54 bits per heavy atom. The van der Waals surface area contributed by atoms with E-state index in [1.54, 1.807) is 0 Å². The molecule has 0 atom stereocenters. The Hall–Kier alpha value is -2.59. The van der Waals surface area contributed by atoms with Gasteiger partial charge in [0, 0.05) is 22.1 Å². The Balaban J connectivity index is 1.94. The summed E-state index contributed by atoms with van der Waals surface area (Å²) in [6, 6.07) is 19.5. The molecule has 0 aliphatic rings. The second-order valence-corrected chi connectivity index (χ2v) is 7.53. The van der Waals surface area contributed by atoms with Crippen molar-refractivity contribution in [2.45, 2.75) is 31.6 Å². The first-order valence-electron chi connectivity index (χ1n) is 8.60. The molecule has 134 valence electrons. The number of aromatic hydroxyl groups is 2. The molecule has 3 nitrogen and oxygen atoms in total. The third kappa shape index (κ3) is 3.97. The SMILES string of the molecule is Cc1ccc(SNc2ccccc2-c2cc(C(C)C)c(O)cc2O)cc1. The van der Waals surface area contributed by atoms with E-state index in [1.165, 1.54) is 23.6 Å². The second kappa shape index (κ2) is 7.75. The first-order chi connectivity index (χ1) is 12.5. The molecule has 0 aliphatic carbocycles. The molecule has 0 heterocycles.